The van der Waals surface area contributed by atoms with Crippen LogP contribution in [0.3, 0.4) is 0 Å². The van der Waals surface area contributed by atoms with Gasteiger partial charge in [0.15, 0.2) is 5.01 Å². The van der Waals surface area contributed by atoms with Crippen LogP contribution in [0.2, 0.25) is 0 Å². The van der Waals surface area contributed by atoms with E-state index in [0.29, 0.717) is 17.5 Å². The second-order valence-corrected chi connectivity index (χ2v) is 10.4. The molecule has 164 valence electrons. The molecule has 1 amide bonds. The number of carbonyl (C=O) groups excluding carboxylic acids is 1. The van der Waals surface area contributed by atoms with Gasteiger partial charge in [-0.05, 0) is 55.8 Å². The van der Waals surface area contributed by atoms with Crippen molar-refractivity contribution in [3.8, 4) is 0 Å². The van der Waals surface area contributed by atoms with Crippen molar-refractivity contribution in [3.05, 3.63) is 33.0 Å². The fraction of sp³-hybridized carbons (Fsp3) is 0.682. The Balaban J connectivity index is 1.40. The Bertz CT molecular complexity index is 922. The number of nitrogens with zero attached hydrogens (tertiary/aromatic N) is 3. The number of carbonyl (C=O) groups is 1. The van der Waals surface area contributed by atoms with Gasteiger partial charge in [0.25, 0.3) is 5.91 Å². The van der Waals surface area contributed by atoms with Gasteiger partial charge in [-0.3, -0.25) is 9.48 Å². The molecule has 5 atom stereocenters. The third-order valence-electron chi connectivity index (χ3n) is 7.04. The summed E-state index contributed by atoms with van der Waals surface area (Å²) < 4.78 is 1.96. The van der Waals surface area contributed by atoms with E-state index < -0.39 is 18.1 Å². The molecule has 8 heteroatoms. The van der Waals surface area contributed by atoms with Crippen molar-refractivity contribution in [2.75, 3.05) is 0 Å². The maximum atomic E-state index is 11.4. The largest absolute Gasteiger partial charge is 0.388 e. The highest BCUT2D eigenvalue weighted by Gasteiger charge is 2.35. The molecule has 0 saturated carbocycles. The lowest BCUT2D eigenvalue weighted by Gasteiger charge is -2.31. The monoisotopic (exact) mass is 432 g/mol. The normalized spacial score (nSPS) is 27.0. The number of aliphatic hydroxyl groups is 2. The number of hydrogen-bond acceptors (Lipinski definition) is 6. The van der Waals surface area contributed by atoms with Crippen molar-refractivity contribution < 1.29 is 15.0 Å². The number of aliphatic hydroxyl groups excluding tert-OH is 2. The van der Waals surface area contributed by atoms with E-state index in [-0.39, 0.29) is 16.8 Å². The van der Waals surface area contributed by atoms with Crippen molar-refractivity contribution in [1.82, 2.24) is 14.8 Å². The fourth-order valence-corrected chi connectivity index (χ4v) is 6.07. The van der Waals surface area contributed by atoms with Crippen molar-refractivity contribution in [2.45, 2.75) is 71.6 Å². The lowest BCUT2D eigenvalue weighted by Crippen LogP contribution is -2.26. The van der Waals surface area contributed by atoms with E-state index in [9.17, 15) is 15.0 Å². The minimum Gasteiger partial charge on any atom is -0.388 e. The van der Waals surface area contributed by atoms with E-state index in [1.54, 1.807) is 0 Å². The third-order valence-corrected chi connectivity index (χ3v) is 8.18. The number of rotatable bonds is 6. The van der Waals surface area contributed by atoms with Crippen LogP contribution in [0.1, 0.15) is 83.9 Å². The Kier molecular flexibility index (Phi) is 6.01. The van der Waals surface area contributed by atoms with Gasteiger partial charge in [0.05, 0.1) is 17.5 Å². The number of primary amides is 1. The summed E-state index contributed by atoms with van der Waals surface area (Å²) in [6.45, 7) is 7.25. The average Bonchev–Trinajstić information content (AvgIpc) is 3.31. The number of aryl methyl sites for hydroxylation is 3. The summed E-state index contributed by atoms with van der Waals surface area (Å²) in [6.07, 6.45) is 5.41. The molecule has 2 aliphatic carbocycles. The van der Waals surface area contributed by atoms with E-state index in [1.807, 2.05) is 10.9 Å². The molecule has 0 aliphatic heterocycles. The third kappa shape index (κ3) is 3.92. The van der Waals surface area contributed by atoms with Crippen LogP contribution in [0.4, 0.5) is 0 Å². The molecule has 2 aromatic heterocycles. The van der Waals surface area contributed by atoms with Crippen LogP contribution < -0.4 is 5.73 Å². The van der Waals surface area contributed by atoms with Crippen LogP contribution in [0.5, 0.6) is 0 Å². The first kappa shape index (κ1) is 21.5. The van der Waals surface area contributed by atoms with Crippen molar-refractivity contribution in [1.29, 1.82) is 0 Å². The number of thiazole rings is 1. The van der Waals surface area contributed by atoms with E-state index in [4.69, 9.17) is 10.8 Å². The molecule has 2 aliphatic rings. The second kappa shape index (κ2) is 8.40. The van der Waals surface area contributed by atoms with Crippen LogP contribution in [0.15, 0.2) is 6.20 Å². The van der Waals surface area contributed by atoms with Gasteiger partial charge in [-0.15, -0.1) is 11.3 Å². The predicted molar refractivity (Wildman–Crippen MR) is 115 cm³/mol. The molecule has 0 aromatic carbocycles. The summed E-state index contributed by atoms with van der Waals surface area (Å²) >= 11 is 1.31. The fourth-order valence-electron chi connectivity index (χ4n) is 5.11. The Morgan fingerprint density at radius 3 is 2.67 bits per heavy atom. The maximum Gasteiger partial charge on any atom is 0.277 e. The molecule has 0 bridgehead atoms. The van der Waals surface area contributed by atoms with Gasteiger partial charge < -0.3 is 15.9 Å². The Hall–Kier alpha value is -1.77. The number of amides is 1. The SMILES string of the molecule is CC(C)C1CCc2nn(CCC(C)C3CCc4sc(C(N)=O)nc4C3O)cc2C1O. The standard InChI is InChI=1S/C22H32N4O3S/c1-11(2)13-4-6-16-15(19(13)27)10-26(25-16)9-8-12(3)14-5-7-17-18(20(14)28)24-22(30-17)21(23)29/h10-14,19-20,27-28H,4-9H2,1-3H3,(H2,23,29). The average molecular weight is 433 g/mol. The number of aromatic nitrogens is 3. The van der Waals surface area contributed by atoms with E-state index in [0.717, 1.165) is 54.8 Å². The molecule has 0 saturated heterocycles. The highest BCUT2D eigenvalue weighted by Crippen LogP contribution is 2.42. The highest BCUT2D eigenvalue weighted by atomic mass is 32.1. The molecule has 4 N–H and O–H groups in total. The van der Waals surface area contributed by atoms with E-state index in [1.165, 1.54) is 11.3 Å². The minimum absolute atomic E-state index is 0.0985. The Labute approximate surface area is 181 Å². The smallest absolute Gasteiger partial charge is 0.277 e. The first-order valence-electron chi connectivity index (χ1n) is 11.0. The molecule has 2 heterocycles. The highest BCUT2D eigenvalue weighted by molar-refractivity contribution is 7.13. The molecule has 0 radical (unpaired) electrons. The maximum absolute atomic E-state index is 11.4. The lowest BCUT2D eigenvalue weighted by molar-refractivity contribution is 0.0552. The predicted octanol–water partition coefficient (Wildman–Crippen LogP) is 3.01. The van der Waals surface area contributed by atoms with Crippen molar-refractivity contribution >= 4 is 17.2 Å². The number of fused-ring (bicyclic) bond motifs is 2. The molecular weight excluding hydrogens is 400 g/mol. The number of hydrogen-bond donors (Lipinski definition) is 3. The van der Waals surface area contributed by atoms with Gasteiger partial charge in [-0.2, -0.15) is 5.10 Å². The molecule has 30 heavy (non-hydrogen) atoms. The lowest BCUT2D eigenvalue weighted by atomic mass is 9.78. The van der Waals surface area contributed by atoms with Crippen LogP contribution in [-0.2, 0) is 19.4 Å². The topological polar surface area (TPSA) is 114 Å². The molecule has 4 rings (SSSR count). The van der Waals surface area contributed by atoms with Crippen LogP contribution >= 0.6 is 11.3 Å². The van der Waals surface area contributed by atoms with Crippen LogP contribution in [-0.4, -0.2) is 30.9 Å². The van der Waals surface area contributed by atoms with Crippen LogP contribution in [0, 0.1) is 23.7 Å². The first-order chi connectivity index (χ1) is 14.3. The van der Waals surface area contributed by atoms with Gasteiger partial charge in [-0.1, -0.05) is 20.8 Å². The molecule has 2 aromatic rings. The number of nitrogens with two attached hydrogens (primary N) is 1. The summed E-state index contributed by atoms with van der Waals surface area (Å²) in [4.78, 5) is 16.7. The Morgan fingerprint density at radius 2 is 1.97 bits per heavy atom. The minimum atomic E-state index is -0.660. The molecule has 0 fully saturated rings. The summed E-state index contributed by atoms with van der Waals surface area (Å²) in [5.74, 6) is 0.595. The Morgan fingerprint density at radius 1 is 1.23 bits per heavy atom. The quantitative estimate of drug-likeness (QED) is 0.649. The van der Waals surface area contributed by atoms with Gasteiger partial charge in [0.2, 0.25) is 0 Å². The zero-order valence-corrected chi connectivity index (χ0v) is 18.7. The van der Waals surface area contributed by atoms with Gasteiger partial charge in [0, 0.05) is 23.2 Å². The van der Waals surface area contributed by atoms with Gasteiger partial charge >= 0.3 is 0 Å². The van der Waals surface area contributed by atoms with Gasteiger partial charge in [0.1, 0.15) is 6.10 Å². The molecule has 0 spiro atoms. The first-order valence-corrected chi connectivity index (χ1v) is 11.8. The van der Waals surface area contributed by atoms with Crippen molar-refractivity contribution in [2.24, 2.45) is 29.4 Å². The summed E-state index contributed by atoms with van der Waals surface area (Å²) in [5.41, 5.74) is 7.99. The summed E-state index contributed by atoms with van der Waals surface area (Å²) in [7, 11) is 0. The van der Waals surface area contributed by atoms with E-state index >= 15 is 0 Å². The van der Waals surface area contributed by atoms with Crippen LogP contribution in [0.25, 0.3) is 0 Å². The zero-order chi connectivity index (χ0) is 21.6. The zero-order valence-electron chi connectivity index (χ0n) is 17.9. The van der Waals surface area contributed by atoms with Crippen molar-refractivity contribution in [3.63, 3.8) is 0 Å². The van der Waals surface area contributed by atoms with E-state index in [2.05, 4.69) is 25.8 Å². The molecular formula is C22H32N4O3S. The second-order valence-electron chi connectivity index (χ2n) is 9.29. The molecule has 7 nitrogen and oxygen atoms in total. The van der Waals surface area contributed by atoms with Gasteiger partial charge in [-0.25, -0.2) is 4.98 Å². The summed E-state index contributed by atoms with van der Waals surface area (Å²) in [5, 5.41) is 26.6. The summed E-state index contributed by atoms with van der Waals surface area (Å²) in [6, 6.07) is 0. The molecule has 5 unspecified atom stereocenters.